The van der Waals surface area contributed by atoms with Gasteiger partial charge in [-0.25, -0.2) is 0 Å². The van der Waals surface area contributed by atoms with Gasteiger partial charge in [0.05, 0.1) is 18.8 Å². The van der Waals surface area contributed by atoms with Gasteiger partial charge in [0.15, 0.2) is 0 Å². The van der Waals surface area contributed by atoms with Gasteiger partial charge in [0.2, 0.25) is 11.8 Å². The van der Waals surface area contributed by atoms with E-state index >= 15 is 0 Å². The van der Waals surface area contributed by atoms with E-state index < -0.39 is 0 Å². The first kappa shape index (κ1) is 14.3. The summed E-state index contributed by atoms with van der Waals surface area (Å²) in [4.78, 5) is 23.2. The predicted octanol–water partition coefficient (Wildman–Crippen LogP) is 1.34. The quantitative estimate of drug-likeness (QED) is 0.776. The van der Waals surface area contributed by atoms with Gasteiger partial charge in [-0.2, -0.15) is 0 Å². The Morgan fingerprint density at radius 2 is 2.15 bits per heavy atom. The van der Waals surface area contributed by atoms with Gasteiger partial charge in [-0.1, -0.05) is 0 Å². The lowest BCUT2D eigenvalue weighted by Gasteiger charge is -2.15. The highest BCUT2D eigenvalue weighted by Crippen LogP contribution is 2.28. The van der Waals surface area contributed by atoms with Crippen molar-refractivity contribution in [3.8, 4) is 5.75 Å². The third-order valence-corrected chi connectivity index (χ3v) is 3.15. The fourth-order valence-electron chi connectivity index (χ4n) is 2.21. The first-order chi connectivity index (χ1) is 9.60. The van der Waals surface area contributed by atoms with Crippen LogP contribution in [-0.4, -0.2) is 31.5 Å². The second-order valence-corrected chi connectivity index (χ2v) is 4.73. The number of nitrogens with one attached hydrogen (secondary N) is 3. The zero-order valence-corrected chi connectivity index (χ0v) is 11.7. The Balaban J connectivity index is 2.14. The highest BCUT2D eigenvalue weighted by Gasteiger charge is 2.22. The van der Waals surface area contributed by atoms with E-state index in [-0.39, 0.29) is 17.9 Å². The summed E-state index contributed by atoms with van der Waals surface area (Å²) in [5.41, 5.74) is 1.17. The van der Waals surface area contributed by atoms with E-state index in [4.69, 9.17) is 4.74 Å². The molecule has 0 spiro atoms. The smallest absolute Gasteiger partial charge is 0.241 e. The Morgan fingerprint density at radius 1 is 1.35 bits per heavy atom. The lowest BCUT2D eigenvalue weighted by atomic mass is 10.2. The number of anilines is 2. The van der Waals surface area contributed by atoms with Crippen LogP contribution in [0.15, 0.2) is 18.2 Å². The molecule has 2 amide bonds. The predicted molar refractivity (Wildman–Crippen MR) is 77.0 cm³/mol. The molecular weight excluding hydrogens is 258 g/mol. The molecule has 0 aliphatic carbocycles. The molecule has 1 saturated heterocycles. The van der Waals surface area contributed by atoms with Crippen molar-refractivity contribution in [3.05, 3.63) is 18.2 Å². The Labute approximate surface area is 117 Å². The van der Waals surface area contributed by atoms with Crippen LogP contribution in [0.2, 0.25) is 0 Å². The maximum Gasteiger partial charge on any atom is 0.241 e. The van der Waals surface area contributed by atoms with Gasteiger partial charge in [-0.3, -0.25) is 9.59 Å². The third kappa shape index (κ3) is 3.48. The van der Waals surface area contributed by atoms with Crippen LogP contribution in [0.25, 0.3) is 0 Å². The second-order valence-electron chi connectivity index (χ2n) is 4.73. The van der Waals surface area contributed by atoms with Crippen molar-refractivity contribution >= 4 is 23.2 Å². The minimum Gasteiger partial charge on any atom is -0.495 e. The zero-order chi connectivity index (χ0) is 14.5. The molecule has 0 radical (unpaired) electrons. The van der Waals surface area contributed by atoms with Crippen molar-refractivity contribution in [3.63, 3.8) is 0 Å². The topological polar surface area (TPSA) is 79.5 Å². The lowest BCUT2D eigenvalue weighted by molar-refractivity contribution is -0.117. The lowest BCUT2D eigenvalue weighted by Crippen LogP contribution is -2.35. The van der Waals surface area contributed by atoms with E-state index in [2.05, 4.69) is 16.0 Å². The maximum absolute atomic E-state index is 12.1. The van der Waals surface area contributed by atoms with Crippen molar-refractivity contribution < 1.29 is 14.3 Å². The van der Waals surface area contributed by atoms with Crippen LogP contribution in [0, 0.1) is 0 Å². The molecule has 20 heavy (non-hydrogen) atoms. The van der Waals surface area contributed by atoms with Crippen LogP contribution < -0.4 is 20.7 Å². The van der Waals surface area contributed by atoms with Crippen LogP contribution >= 0.6 is 0 Å². The van der Waals surface area contributed by atoms with Gasteiger partial charge in [-0.05, 0) is 37.6 Å². The van der Waals surface area contributed by atoms with Gasteiger partial charge in [0, 0.05) is 12.6 Å². The van der Waals surface area contributed by atoms with Gasteiger partial charge in [-0.15, -0.1) is 0 Å². The van der Waals surface area contributed by atoms with E-state index in [0.717, 1.165) is 19.4 Å². The largest absolute Gasteiger partial charge is 0.495 e. The Kier molecular flexibility index (Phi) is 4.57. The average molecular weight is 277 g/mol. The molecule has 3 N–H and O–H groups in total. The van der Waals surface area contributed by atoms with E-state index in [0.29, 0.717) is 17.1 Å². The van der Waals surface area contributed by atoms with E-state index in [9.17, 15) is 9.59 Å². The summed E-state index contributed by atoms with van der Waals surface area (Å²) in [6.07, 6.45) is 1.83. The number of hydrogen-bond acceptors (Lipinski definition) is 4. The van der Waals surface area contributed by atoms with Crippen LogP contribution in [-0.2, 0) is 9.59 Å². The van der Waals surface area contributed by atoms with Gasteiger partial charge in [0.1, 0.15) is 5.75 Å². The SMILES string of the molecule is COc1ccc(NC(C)=O)cc1NC(=O)[C@H]1CCCN1. The van der Waals surface area contributed by atoms with Crippen LogP contribution in [0.3, 0.4) is 0 Å². The maximum atomic E-state index is 12.1. The fraction of sp³-hybridized carbons (Fsp3) is 0.429. The molecule has 1 aliphatic heterocycles. The highest BCUT2D eigenvalue weighted by atomic mass is 16.5. The standard InChI is InChI=1S/C14H19N3O3/c1-9(18)16-10-5-6-13(20-2)12(8-10)17-14(19)11-4-3-7-15-11/h5-6,8,11,15H,3-4,7H2,1-2H3,(H,16,18)(H,17,19)/t11-/m1/s1. The summed E-state index contributed by atoms with van der Waals surface area (Å²) in [5.74, 6) is 0.316. The number of amides is 2. The molecule has 0 unspecified atom stereocenters. The van der Waals surface area contributed by atoms with Crippen LogP contribution in [0.1, 0.15) is 19.8 Å². The van der Waals surface area contributed by atoms with Crippen molar-refractivity contribution in [2.45, 2.75) is 25.8 Å². The summed E-state index contributed by atoms with van der Waals surface area (Å²) < 4.78 is 5.22. The zero-order valence-electron chi connectivity index (χ0n) is 11.7. The van der Waals surface area contributed by atoms with Crippen LogP contribution in [0.5, 0.6) is 5.75 Å². The molecule has 108 valence electrons. The molecule has 1 aromatic carbocycles. The summed E-state index contributed by atoms with van der Waals surface area (Å²) in [7, 11) is 1.54. The van der Waals surface area contributed by atoms with Crippen molar-refractivity contribution in [2.75, 3.05) is 24.3 Å². The third-order valence-electron chi connectivity index (χ3n) is 3.15. The molecule has 1 aromatic rings. The Hall–Kier alpha value is -2.08. The number of methoxy groups -OCH3 is 1. The molecular formula is C14H19N3O3. The molecule has 0 bridgehead atoms. The molecule has 1 heterocycles. The van der Waals surface area contributed by atoms with E-state index in [1.165, 1.54) is 14.0 Å². The molecule has 6 nitrogen and oxygen atoms in total. The molecule has 0 aromatic heterocycles. The summed E-state index contributed by atoms with van der Waals surface area (Å²) in [6, 6.07) is 4.96. The molecule has 2 rings (SSSR count). The van der Waals surface area contributed by atoms with Crippen LogP contribution in [0.4, 0.5) is 11.4 Å². The summed E-state index contributed by atoms with van der Waals surface area (Å²) in [6.45, 7) is 2.30. The molecule has 0 saturated carbocycles. The van der Waals surface area contributed by atoms with E-state index in [1.54, 1.807) is 18.2 Å². The van der Waals surface area contributed by atoms with Crippen molar-refractivity contribution in [1.29, 1.82) is 0 Å². The Bertz CT molecular complexity index is 510. The number of rotatable bonds is 4. The number of carbonyl (C=O) groups is 2. The number of hydrogen-bond donors (Lipinski definition) is 3. The van der Waals surface area contributed by atoms with Gasteiger partial charge < -0.3 is 20.7 Å². The first-order valence-electron chi connectivity index (χ1n) is 6.60. The molecule has 1 aliphatic rings. The Morgan fingerprint density at radius 3 is 2.75 bits per heavy atom. The normalized spacial score (nSPS) is 17.6. The van der Waals surface area contributed by atoms with Gasteiger partial charge in [0.25, 0.3) is 0 Å². The fourth-order valence-corrected chi connectivity index (χ4v) is 2.21. The number of benzene rings is 1. The number of ether oxygens (including phenoxy) is 1. The summed E-state index contributed by atoms with van der Waals surface area (Å²) >= 11 is 0. The molecule has 6 heteroatoms. The molecule has 1 fully saturated rings. The first-order valence-corrected chi connectivity index (χ1v) is 6.60. The highest BCUT2D eigenvalue weighted by molar-refractivity contribution is 5.97. The minimum atomic E-state index is -0.163. The van der Waals surface area contributed by atoms with Gasteiger partial charge >= 0.3 is 0 Å². The minimum absolute atomic E-state index is 0.0826. The summed E-state index contributed by atoms with van der Waals surface area (Å²) in [5, 5.41) is 8.66. The monoisotopic (exact) mass is 277 g/mol. The van der Waals surface area contributed by atoms with E-state index in [1.807, 2.05) is 0 Å². The molecule has 1 atom stereocenters. The second kappa shape index (κ2) is 6.38. The van der Waals surface area contributed by atoms with Crippen molar-refractivity contribution in [2.24, 2.45) is 0 Å². The van der Waals surface area contributed by atoms with Crippen molar-refractivity contribution in [1.82, 2.24) is 5.32 Å². The number of carbonyl (C=O) groups excluding carboxylic acids is 2. The average Bonchev–Trinajstić information content (AvgIpc) is 2.92.